The van der Waals surface area contributed by atoms with Crippen LogP contribution in [0.1, 0.15) is 101 Å². The van der Waals surface area contributed by atoms with E-state index in [9.17, 15) is 0 Å². The number of pyridine rings is 1. The van der Waals surface area contributed by atoms with E-state index in [4.69, 9.17) is 26.6 Å². The zero-order chi connectivity index (χ0) is 26.8. The molecule has 1 radical (unpaired) electrons. The van der Waals surface area contributed by atoms with Crippen LogP contribution in [0, 0.1) is 40.8 Å². The Morgan fingerprint density at radius 2 is 0.902 bits per heavy atom. The van der Waals surface area contributed by atoms with Crippen molar-refractivity contribution in [1.29, 1.82) is 0 Å². The summed E-state index contributed by atoms with van der Waals surface area (Å²) in [6, 6.07) is 16.9. The molecule has 3 rings (SSSR count). The van der Waals surface area contributed by atoms with Gasteiger partial charge in [-0.3, -0.25) is 9.98 Å². The van der Waals surface area contributed by atoms with Crippen LogP contribution in [0.4, 0.5) is 11.4 Å². The smallest absolute Gasteiger partial charge is 1.00 e. The summed E-state index contributed by atoms with van der Waals surface area (Å²) >= 11 is 6.62. The number of nitrogens with zero attached hydrogens (tertiary/aromatic N) is 3. The summed E-state index contributed by atoms with van der Waals surface area (Å²) in [5, 5.41) is 0.648. The van der Waals surface area contributed by atoms with E-state index >= 15 is 0 Å². The molecule has 0 bridgehead atoms. The summed E-state index contributed by atoms with van der Waals surface area (Å²) < 4.78 is 0. The molecular formula is C33H42Cl4N3Nd. The first-order valence-electron chi connectivity index (χ1n) is 13.9. The largest absolute Gasteiger partial charge is 3.00 e. The van der Waals surface area contributed by atoms with Gasteiger partial charge in [0, 0.05) is 5.02 Å². The third kappa shape index (κ3) is 12.2. The molecule has 0 spiro atoms. The third-order valence-electron chi connectivity index (χ3n) is 6.57. The van der Waals surface area contributed by atoms with E-state index in [2.05, 4.69) is 64.1 Å². The second-order valence-corrected chi connectivity index (χ2v) is 10.2. The van der Waals surface area contributed by atoms with E-state index in [1.807, 2.05) is 26.0 Å². The zero-order valence-corrected chi connectivity index (χ0v) is 31.4. The number of benzene rings is 2. The van der Waals surface area contributed by atoms with Crippen molar-refractivity contribution in [3.8, 4) is 0 Å². The van der Waals surface area contributed by atoms with Gasteiger partial charge in [-0.05, 0) is 73.9 Å². The van der Waals surface area contributed by atoms with Crippen LogP contribution in [0.2, 0.25) is 5.02 Å². The maximum Gasteiger partial charge on any atom is 3.00 e. The quantitative estimate of drug-likeness (QED) is 0.252. The van der Waals surface area contributed by atoms with Crippen LogP contribution in [0.5, 0.6) is 0 Å². The zero-order valence-electron chi connectivity index (χ0n) is 25.1. The van der Waals surface area contributed by atoms with Gasteiger partial charge in [0.15, 0.2) is 0 Å². The summed E-state index contributed by atoms with van der Waals surface area (Å²) in [7, 11) is 0. The Bertz CT molecular complexity index is 1130. The van der Waals surface area contributed by atoms with Gasteiger partial charge in [-0.25, -0.2) is 4.98 Å². The van der Waals surface area contributed by atoms with Crippen molar-refractivity contribution in [3.63, 3.8) is 0 Å². The van der Waals surface area contributed by atoms with Gasteiger partial charge >= 0.3 is 40.8 Å². The van der Waals surface area contributed by atoms with Crippen molar-refractivity contribution in [2.24, 2.45) is 9.98 Å². The summed E-state index contributed by atoms with van der Waals surface area (Å²) in [5.41, 5.74) is 10.7. The van der Waals surface area contributed by atoms with Crippen molar-refractivity contribution < 1.29 is 78.1 Å². The molecule has 0 atom stereocenters. The Kier molecular flexibility index (Phi) is 22.9. The maximum atomic E-state index is 6.62. The SMILES string of the molecule is CCCc1cccc(CCC)c1N=C(C)c1cc(Cl)cc(C(C)=Nc2c(CCC)cccc2CCC)n1.[Cl-].[Cl-].[Cl-].[Nd+3]. The molecule has 8 heteroatoms. The molecule has 41 heavy (non-hydrogen) atoms. The van der Waals surface area contributed by atoms with E-state index in [1.165, 1.54) is 22.3 Å². The summed E-state index contributed by atoms with van der Waals surface area (Å²) in [6.45, 7) is 12.9. The van der Waals surface area contributed by atoms with Crippen LogP contribution in [0.15, 0.2) is 58.5 Å². The van der Waals surface area contributed by atoms with Crippen molar-refractivity contribution in [2.45, 2.75) is 92.9 Å². The molecule has 0 aliphatic heterocycles. The topological polar surface area (TPSA) is 37.6 Å². The molecule has 0 aliphatic rings. The number of halogens is 4. The molecule has 0 amide bonds. The van der Waals surface area contributed by atoms with Crippen molar-refractivity contribution in [1.82, 2.24) is 4.98 Å². The molecule has 1 heterocycles. The molecule has 0 N–H and O–H groups in total. The van der Waals surface area contributed by atoms with Gasteiger partial charge in [-0.1, -0.05) is 101 Å². The van der Waals surface area contributed by atoms with Gasteiger partial charge in [-0.2, -0.15) is 0 Å². The fourth-order valence-corrected chi connectivity index (χ4v) is 4.99. The maximum absolute atomic E-state index is 6.62. The Morgan fingerprint density at radius 1 is 0.610 bits per heavy atom. The molecule has 0 saturated carbocycles. The van der Waals surface area contributed by atoms with Crippen LogP contribution in [0.3, 0.4) is 0 Å². The number of hydrogen-bond acceptors (Lipinski definition) is 3. The van der Waals surface area contributed by atoms with E-state index in [0.29, 0.717) is 5.02 Å². The first kappa shape index (κ1) is 42.6. The normalized spacial score (nSPS) is 11.1. The summed E-state index contributed by atoms with van der Waals surface area (Å²) in [6.07, 6.45) is 8.42. The van der Waals surface area contributed by atoms with E-state index in [1.54, 1.807) is 0 Å². The Labute approximate surface area is 304 Å². The molecule has 3 aromatic rings. The summed E-state index contributed by atoms with van der Waals surface area (Å²) in [5.74, 6) is 0. The predicted octanol–water partition coefficient (Wildman–Crippen LogP) is 0.838. The average Bonchev–Trinajstić information content (AvgIpc) is 2.87. The minimum absolute atomic E-state index is 0. The molecule has 1 aromatic heterocycles. The predicted molar refractivity (Wildman–Crippen MR) is 162 cm³/mol. The monoisotopic (exact) mass is 762 g/mol. The van der Waals surface area contributed by atoms with Crippen molar-refractivity contribution >= 4 is 34.4 Å². The van der Waals surface area contributed by atoms with Crippen LogP contribution < -0.4 is 37.2 Å². The molecule has 2 aromatic carbocycles. The molecule has 0 saturated heterocycles. The Hall–Kier alpha value is -0.559. The number of para-hydroxylation sites is 2. The van der Waals surface area contributed by atoms with E-state index in [-0.39, 0.29) is 78.1 Å². The van der Waals surface area contributed by atoms with Crippen molar-refractivity contribution in [3.05, 3.63) is 87.2 Å². The van der Waals surface area contributed by atoms with E-state index in [0.717, 1.165) is 85.6 Å². The molecule has 0 fully saturated rings. The van der Waals surface area contributed by atoms with Crippen LogP contribution in [0.25, 0.3) is 0 Å². The van der Waals surface area contributed by atoms with Crippen LogP contribution >= 0.6 is 11.6 Å². The first-order chi connectivity index (χ1) is 17.9. The van der Waals surface area contributed by atoms with Gasteiger partial charge in [0.2, 0.25) is 0 Å². The molecule has 3 nitrogen and oxygen atoms in total. The second-order valence-electron chi connectivity index (χ2n) is 9.80. The Morgan fingerprint density at radius 3 is 1.17 bits per heavy atom. The number of hydrogen-bond donors (Lipinski definition) is 0. The standard InChI is InChI=1S/C33H42ClN3.3ClH.Nd/c1-7-13-25-17-11-18-26(14-8-2)32(25)35-23(5)30-21-29(34)22-31(37-30)24(6)36-33-27(15-9-3)19-12-20-28(33)16-10-4;;;;/h11-12,17-22H,7-10,13-16H2,1-6H3;3*1H;/q;;;;+3/p-3. The second kappa shape index (κ2) is 22.0. The fraction of sp³-hybridized carbons (Fsp3) is 0.424. The average molecular weight is 767 g/mol. The minimum Gasteiger partial charge on any atom is -1.00 e. The third-order valence-corrected chi connectivity index (χ3v) is 6.79. The van der Waals surface area contributed by atoms with Crippen molar-refractivity contribution in [2.75, 3.05) is 0 Å². The van der Waals surface area contributed by atoms with Gasteiger partial charge < -0.3 is 37.2 Å². The van der Waals surface area contributed by atoms with Crippen LogP contribution in [-0.4, -0.2) is 16.4 Å². The summed E-state index contributed by atoms with van der Waals surface area (Å²) in [4.78, 5) is 15.2. The Balaban J connectivity index is 0. The van der Waals surface area contributed by atoms with Crippen LogP contribution in [-0.2, 0) is 25.7 Å². The van der Waals surface area contributed by atoms with Gasteiger partial charge in [0.05, 0.1) is 34.2 Å². The molecular weight excluding hydrogens is 724 g/mol. The fourth-order valence-electron chi connectivity index (χ4n) is 4.78. The number of rotatable bonds is 12. The molecule has 0 aliphatic carbocycles. The van der Waals surface area contributed by atoms with E-state index < -0.39 is 0 Å². The van der Waals surface area contributed by atoms with Gasteiger partial charge in [0.1, 0.15) is 0 Å². The number of aromatic nitrogens is 1. The van der Waals surface area contributed by atoms with Gasteiger partial charge in [-0.15, -0.1) is 0 Å². The number of aryl methyl sites for hydroxylation is 4. The molecule has 221 valence electrons. The first-order valence-corrected chi connectivity index (χ1v) is 14.3. The van der Waals surface area contributed by atoms with Gasteiger partial charge in [0.25, 0.3) is 0 Å². The minimum atomic E-state index is 0. The number of aliphatic imine (C=N–C) groups is 2. The molecule has 0 unspecified atom stereocenters.